The maximum Gasteiger partial charge on any atom is 0.471 e. The lowest BCUT2D eigenvalue weighted by molar-refractivity contribution is -0.185. The molecule has 5 nitrogen and oxygen atoms in total. The van der Waals surface area contributed by atoms with Crippen molar-refractivity contribution in [2.45, 2.75) is 32.1 Å². The van der Waals surface area contributed by atoms with E-state index in [1.165, 1.54) is 0 Å². The predicted molar refractivity (Wildman–Crippen MR) is 94.3 cm³/mol. The van der Waals surface area contributed by atoms with Crippen molar-refractivity contribution < 1.29 is 22.8 Å². The Balaban J connectivity index is 1.47. The van der Waals surface area contributed by atoms with Gasteiger partial charge in [-0.05, 0) is 41.7 Å². The summed E-state index contributed by atoms with van der Waals surface area (Å²) in [6.07, 6.45) is -2.44. The van der Waals surface area contributed by atoms with Crippen molar-refractivity contribution >= 4 is 11.8 Å². The Morgan fingerprint density at radius 2 is 1.86 bits per heavy atom. The molecule has 28 heavy (non-hydrogen) atoms. The topological polar surface area (TPSA) is 53.5 Å². The van der Waals surface area contributed by atoms with Crippen LogP contribution >= 0.6 is 0 Å². The fourth-order valence-electron chi connectivity index (χ4n) is 3.79. The van der Waals surface area contributed by atoms with Crippen LogP contribution in [0.1, 0.15) is 32.7 Å². The van der Waals surface area contributed by atoms with Crippen LogP contribution in [0.15, 0.2) is 36.5 Å². The summed E-state index contributed by atoms with van der Waals surface area (Å²) in [5, 5.41) is 0. The summed E-state index contributed by atoms with van der Waals surface area (Å²) in [6.45, 7) is 0.941. The number of carbonyl (C=O) groups is 2. The van der Waals surface area contributed by atoms with Gasteiger partial charge in [-0.2, -0.15) is 13.2 Å². The lowest BCUT2D eigenvalue weighted by Gasteiger charge is -2.21. The third kappa shape index (κ3) is 3.46. The molecule has 4 rings (SSSR count). The quantitative estimate of drug-likeness (QED) is 0.794. The highest BCUT2D eigenvalue weighted by atomic mass is 19.4. The van der Waals surface area contributed by atoms with Gasteiger partial charge in [0, 0.05) is 25.8 Å². The molecule has 0 aliphatic carbocycles. The number of hydrogen-bond donors (Lipinski definition) is 0. The van der Waals surface area contributed by atoms with E-state index in [0.717, 1.165) is 27.3 Å². The van der Waals surface area contributed by atoms with Gasteiger partial charge in [-0.1, -0.05) is 18.2 Å². The second-order valence-corrected chi connectivity index (χ2v) is 7.05. The minimum atomic E-state index is -4.85. The smallest absolute Gasteiger partial charge is 0.334 e. The molecular formula is C20H18F3N3O2. The van der Waals surface area contributed by atoms with Crippen LogP contribution in [0.5, 0.6) is 0 Å². The van der Waals surface area contributed by atoms with E-state index in [2.05, 4.69) is 4.98 Å². The number of alkyl halides is 3. The standard InChI is InChI=1S/C20H18F3N3O2/c21-20(22,23)19(28)25-8-5-14-4-3-13(10-15(14)6-9-25)11-26-12-17-16(18(26)27)2-1-7-24-17/h1-4,7,10H,5-6,8-9,11-12H2. The average Bonchev–Trinajstić information content (AvgIpc) is 2.84. The van der Waals surface area contributed by atoms with E-state index in [-0.39, 0.29) is 19.0 Å². The van der Waals surface area contributed by atoms with Crippen LogP contribution in [0, 0.1) is 0 Å². The first-order chi connectivity index (χ1) is 13.3. The van der Waals surface area contributed by atoms with Crippen LogP contribution in [0.2, 0.25) is 0 Å². The zero-order valence-corrected chi connectivity index (χ0v) is 15.0. The highest BCUT2D eigenvalue weighted by Gasteiger charge is 2.42. The zero-order chi connectivity index (χ0) is 19.9. The summed E-state index contributed by atoms with van der Waals surface area (Å²) in [4.78, 5) is 30.8. The number of carbonyl (C=O) groups excluding carboxylic acids is 2. The van der Waals surface area contributed by atoms with Crippen molar-refractivity contribution in [3.8, 4) is 0 Å². The molecular weight excluding hydrogens is 371 g/mol. The second-order valence-electron chi connectivity index (χ2n) is 7.05. The number of benzene rings is 1. The summed E-state index contributed by atoms with van der Waals surface area (Å²) < 4.78 is 38.1. The van der Waals surface area contributed by atoms with E-state index >= 15 is 0 Å². The van der Waals surface area contributed by atoms with E-state index in [4.69, 9.17) is 0 Å². The molecule has 2 aliphatic rings. The molecule has 146 valence electrons. The Labute approximate surface area is 159 Å². The first-order valence-electron chi connectivity index (χ1n) is 9.03. The first kappa shape index (κ1) is 18.5. The molecule has 1 aromatic carbocycles. The molecule has 0 atom stereocenters. The van der Waals surface area contributed by atoms with Crippen molar-refractivity contribution in [3.63, 3.8) is 0 Å². The van der Waals surface area contributed by atoms with Gasteiger partial charge in [0.15, 0.2) is 0 Å². The van der Waals surface area contributed by atoms with Crippen molar-refractivity contribution in [3.05, 3.63) is 64.5 Å². The van der Waals surface area contributed by atoms with Gasteiger partial charge in [-0.25, -0.2) is 0 Å². The van der Waals surface area contributed by atoms with Crippen molar-refractivity contribution in [1.29, 1.82) is 0 Å². The van der Waals surface area contributed by atoms with Gasteiger partial charge in [0.2, 0.25) is 0 Å². The number of hydrogen-bond acceptors (Lipinski definition) is 3. The van der Waals surface area contributed by atoms with Gasteiger partial charge in [0.25, 0.3) is 5.91 Å². The molecule has 2 aromatic rings. The summed E-state index contributed by atoms with van der Waals surface area (Å²) in [7, 11) is 0. The third-order valence-corrected chi connectivity index (χ3v) is 5.22. The van der Waals surface area contributed by atoms with Gasteiger partial charge < -0.3 is 9.80 Å². The molecule has 2 amide bonds. The molecule has 0 saturated heterocycles. The normalized spacial score (nSPS) is 16.6. The molecule has 0 spiro atoms. The van der Waals surface area contributed by atoms with E-state index in [1.54, 1.807) is 23.2 Å². The van der Waals surface area contributed by atoms with Crippen molar-refractivity contribution in [2.24, 2.45) is 0 Å². The monoisotopic (exact) mass is 389 g/mol. The third-order valence-electron chi connectivity index (χ3n) is 5.22. The minimum Gasteiger partial charge on any atom is -0.334 e. The Hall–Kier alpha value is -2.90. The van der Waals surface area contributed by atoms with Gasteiger partial charge in [-0.15, -0.1) is 0 Å². The maximum atomic E-state index is 12.7. The highest BCUT2D eigenvalue weighted by molar-refractivity contribution is 5.97. The van der Waals surface area contributed by atoms with Crippen LogP contribution < -0.4 is 0 Å². The van der Waals surface area contributed by atoms with Gasteiger partial charge >= 0.3 is 12.1 Å². The van der Waals surface area contributed by atoms with E-state index in [9.17, 15) is 22.8 Å². The lowest BCUT2D eigenvalue weighted by atomic mass is 10.00. The van der Waals surface area contributed by atoms with Gasteiger partial charge in [0.1, 0.15) is 0 Å². The largest absolute Gasteiger partial charge is 0.471 e. The van der Waals surface area contributed by atoms with Crippen LogP contribution in [-0.2, 0) is 30.7 Å². The molecule has 0 saturated carbocycles. The van der Waals surface area contributed by atoms with Crippen LogP contribution in [0.3, 0.4) is 0 Å². The molecule has 0 unspecified atom stereocenters. The summed E-state index contributed by atoms with van der Waals surface area (Å²) in [6, 6.07) is 9.20. The Bertz CT molecular complexity index is 943. The van der Waals surface area contributed by atoms with Gasteiger partial charge in [0.05, 0.1) is 17.8 Å². The van der Waals surface area contributed by atoms with Crippen molar-refractivity contribution in [2.75, 3.05) is 13.1 Å². The summed E-state index contributed by atoms with van der Waals surface area (Å²) >= 11 is 0. The Morgan fingerprint density at radius 1 is 1.11 bits per heavy atom. The Morgan fingerprint density at radius 3 is 2.57 bits per heavy atom. The number of fused-ring (bicyclic) bond motifs is 2. The highest BCUT2D eigenvalue weighted by Crippen LogP contribution is 2.25. The number of rotatable bonds is 2. The van der Waals surface area contributed by atoms with Crippen molar-refractivity contribution in [1.82, 2.24) is 14.8 Å². The number of nitrogens with zero attached hydrogens (tertiary/aromatic N) is 3. The van der Waals surface area contributed by atoms with Crippen LogP contribution in [0.4, 0.5) is 13.2 Å². The summed E-state index contributed by atoms with van der Waals surface area (Å²) in [5.41, 5.74) is 4.15. The van der Waals surface area contributed by atoms with E-state index in [1.807, 2.05) is 18.2 Å². The van der Waals surface area contributed by atoms with E-state index in [0.29, 0.717) is 31.5 Å². The fourth-order valence-corrected chi connectivity index (χ4v) is 3.79. The molecule has 0 bridgehead atoms. The minimum absolute atomic E-state index is 0.0345. The number of pyridine rings is 1. The molecule has 0 radical (unpaired) electrons. The molecule has 0 fully saturated rings. The molecule has 3 heterocycles. The fraction of sp³-hybridized carbons (Fsp3) is 0.350. The molecule has 0 N–H and O–H groups in total. The molecule has 8 heteroatoms. The number of amides is 2. The van der Waals surface area contributed by atoms with Crippen LogP contribution in [0.25, 0.3) is 0 Å². The molecule has 2 aliphatic heterocycles. The number of aromatic nitrogens is 1. The van der Waals surface area contributed by atoms with Crippen LogP contribution in [-0.4, -0.2) is 45.9 Å². The zero-order valence-electron chi connectivity index (χ0n) is 15.0. The Kier molecular flexibility index (Phi) is 4.56. The lowest BCUT2D eigenvalue weighted by Crippen LogP contribution is -2.42. The molecule has 1 aromatic heterocycles. The second kappa shape index (κ2) is 6.92. The number of halogens is 3. The average molecular weight is 389 g/mol. The SMILES string of the molecule is O=C1c2cccnc2CN1Cc1ccc2c(c1)CCN(C(=O)C(F)(F)F)CC2. The predicted octanol–water partition coefficient (Wildman–Crippen LogP) is 2.73. The van der Waals surface area contributed by atoms with Gasteiger partial charge in [-0.3, -0.25) is 14.6 Å². The maximum absolute atomic E-state index is 12.7. The van der Waals surface area contributed by atoms with E-state index < -0.39 is 12.1 Å². The first-order valence-corrected chi connectivity index (χ1v) is 9.03. The summed E-state index contributed by atoms with van der Waals surface area (Å²) in [5.74, 6) is -1.85.